The Labute approximate surface area is 215 Å². The number of fused-ring (bicyclic) bond motifs is 2. The van der Waals surface area contributed by atoms with Gasteiger partial charge in [0.15, 0.2) is 17.0 Å². The van der Waals surface area contributed by atoms with Gasteiger partial charge in [0.2, 0.25) is 5.95 Å². The minimum Gasteiger partial charge on any atom is -0.358 e. The van der Waals surface area contributed by atoms with Crippen molar-refractivity contribution >= 4 is 39.5 Å². The number of nitrogens with one attached hydrogen (secondary N) is 1. The van der Waals surface area contributed by atoms with Crippen LogP contribution in [0.3, 0.4) is 0 Å². The van der Waals surface area contributed by atoms with Crippen molar-refractivity contribution in [3.05, 3.63) is 67.1 Å². The van der Waals surface area contributed by atoms with Crippen molar-refractivity contribution in [2.45, 2.75) is 38.3 Å². The van der Waals surface area contributed by atoms with Gasteiger partial charge >= 0.3 is 0 Å². The lowest BCUT2D eigenvalue weighted by Crippen LogP contribution is -2.21. The number of pyridine rings is 1. The van der Waals surface area contributed by atoms with E-state index in [0.717, 1.165) is 83.7 Å². The predicted octanol–water partition coefficient (Wildman–Crippen LogP) is 6.08. The first-order valence-electron chi connectivity index (χ1n) is 13.2. The SMILES string of the molecule is c1ccc(-c2ccnc3ccc(Nc4nc(N5CCCC5)c5ncn([C@@H]6CCCCO6)c5n4)cc23)cc1. The normalized spacial score (nSPS) is 18.1. The zero-order chi connectivity index (χ0) is 24.6. The number of aromatic nitrogens is 5. The summed E-state index contributed by atoms with van der Waals surface area (Å²) in [5.74, 6) is 1.46. The molecule has 37 heavy (non-hydrogen) atoms. The van der Waals surface area contributed by atoms with E-state index in [4.69, 9.17) is 19.7 Å². The molecule has 0 amide bonds. The standard InChI is InChI=1S/C29H29N7O/c1-2-8-20(9-3-1)22-13-14-30-24-12-11-21(18-23(22)24)32-29-33-27(35-15-5-6-16-35)26-28(34-29)36(19-31-26)25-10-4-7-17-37-25/h1-3,8-9,11-14,18-19,25H,4-7,10,15-17H2,(H,32,33,34)/t25-/m0/s1. The average molecular weight is 492 g/mol. The largest absolute Gasteiger partial charge is 0.358 e. The van der Waals surface area contributed by atoms with E-state index in [9.17, 15) is 0 Å². The van der Waals surface area contributed by atoms with Crippen molar-refractivity contribution in [1.82, 2.24) is 24.5 Å². The highest BCUT2D eigenvalue weighted by Crippen LogP contribution is 2.33. The maximum atomic E-state index is 6.08. The first kappa shape index (κ1) is 22.2. The molecule has 2 aromatic carbocycles. The Morgan fingerprint density at radius 3 is 2.62 bits per heavy atom. The molecule has 0 bridgehead atoms. The summed E-state index contributed by atoms with van der Waals surface area (Å²) in [5.41, 5.74) is 5.85. The van der Waals surface area contributed by atoms with Crippen molar-refractivity contribution in [3.8, 4) is 11.1 Å². The summed E-state index contributed by atoms with van der Waals surface area (Å²) in [6, 6.07) is 18.7. The van der Waals surface area contributed by atoms with E-state index < -0.39 is 0 Å². The maximum absolute atomic E-state index is 6.08. The third kappa shape index (κ3) is 4.17. The van der Waals surface area contributed by atoms with Crippen LogP contribution in [0.25, 0.3) is 33.2 Å². The number of benzene rings is 2. The van der Waals surface area contributed by atoms with Crippen LogP contribution in [0.1, 0.15) is 38.3 Å². The number of ether oxygens (including phenoxy) is 1. The zero-order valence-electron chi connectivity index (χ0n) is 20.7. The Morgan fingerprint density at radius 1 is 0.892 bits per heavy atom. The summed E-state index contributed by atoms with van der Waals surface area (Å²) >= 11 is 0. The van der Waals surface area contributed by atoms with Gasteiger partial charge in [0, 0.05) is 37.0 Å². The third-order valence-electron chi connectivity index (χ3n) is 7.36. The van der Waals surface area contributed by atoms with Gasteiger partial charge in [-0.25, -0.2) is 4.98 Å². The molecule has 7 rings (SSSR count). The van der Waals surface area contributed by atoms with Crippen LogP contribution in [0.15, 0.2) is 67.1 Å². The van der Waals surface area contributed by atoms with E-state index in [0.29, 0.717) is 5.95 Å². The lowest BCUT2D eigenvalue weighted by atomic mass is 10.0. The van der Waals surface area contributed by atoms with Gasteiger partial charge in [-0.2, -0.15) is 9.97 Å². The lowest BCUT2D eigenvalue weighted by Gasteiger charge is -2.24. The number of hydrogen-bond donors (Lipinski definition) is 1. The van der Waals surface area contributed by atoms with E-state index >= 15 is 0 Å². The topological polar surface area (TPSA) is 81.0 Å². The summed E-state index contributed by atoms with van der Waals surface area (Å²) in [4.78, 5) is 21.6. The monoisotopic (exact) mass is 491 g/mol. The quantitative estimate of drug-likeness (QED) is 0.319. The van der Waals surface area contributed by atoms with Crippen LogP contribution < -0.4 is 10.2 Å². The predicted molar refractivity (Wildman–Crippen MR) is 146 cm³/mol. The molecule has 0 aliphatic carbocycles. The van der Waals surface area contributed by atoms with E-state index in [1.807, 2.05) is 30.7 Å². The highest BCUT2D eigenvalue weighted by molar-refractivity contribution is 5.96. The summed E-state index contributed by atoms with van der Waals surface area (Å²) in [6.45, 7) is 2.75. The second kappa shape index (κ2) is 9.44. The fourth-order valence-electron chi connectivity index (χ4n) is 5.48. The van der Waals surface area contributed by atoms with E-state index in [1.54, 1.807) is 0 Å². The Balaban J connectivity index is 1.31. The molecule has 2 aliphatic heterocycles. The summed E-state index contributed by atoms with van der Waals surface area (Å²) in [5, 5.41) is 4.58. The van der Waals surface area contributed by atoms with Gasteiger partial charge in [-0.1, -0.05) is 30.3 Å². The summed E-state index contributed by atoms with van der Waals surface area (Å²) < 4.78 is 8.16. The number of rotatable bonds is 5. The van der Waals surface area contributed by atoms with Crippen LogP contribution in [0.4, 0.5) is 17.5 Å². The molecular weight excluding hydrogens is 462 g/mol. The highest BCUT2D eigenvalue weighted by atomic mass is 16.5. The molecule has 8 heteroatoms. The number of nitrogens with zero attached hydrogens (tertiary/aromatic N) is 6. The number of imidazole rings is 1. The van der Waals surface area contributed by atoms with Gasteiger partial charge in [0.25, 0.3) is 0 Å². The third-order valence-corrected chi connectivity index (χ3v) is 7.36. The van der Waals surface area contributed by atoms with Gasteiger partial charge in [-0.15, -0.1) is 0 Å². The zero-order valence-corrected chi connectivity index (χ0v) is 20.7. The second-order valence-corrected chi connectivity index (χ2v) is 9.79. The van der Waals surface area contributed by atoms with Gasteiger partial charge in [0.05, 0.1) is 11.8 Å². The number of anilines is 3. The molecule has 1 atom stereocenters. The van der Waals surface area contributed by atoms with Gasteiger partial charge in [-0.05, 0) is 67.5 Å². The molecule has 0 saturated carbocycles. The Bertz CT molecular complexity index is 1550. The lowest BCUT2D eigenvalue weighted by molar-refractivity contribution is -0.0298. The maximum Gasteiger partial charge on any atom is 0.231 e. The summed E-state index contributed by atoms with van der Waals surface area (Å²) in [7, 11) is 0. The molecule has 0 unspecified atom stereocenters. The van der Waals surface area contributed by atoms with Crippen molar-refractivity contribution in [3.63, 3.8) is 0 Å². The molecule has 0 radical (unpaired) electrons. The van der Waals surface area contributed by atoms with Crippen molar-refractivity contribution in [2.24, 2.45) is 0 Å². The van der Waals surface area contributed by atoms with Crippen molar-refractivity contribution in [2.75, 3.05) is 29.9 Å². The molecule has 2 saturated heterocycles. The summed E-state index contributed by atoms with van der Waals surface area (Å²) in [6.07, 6.45) is 9.25. The highest BCUT2D eigenvalue weighted by Gasteiger charge is 2.25. The van der Waals surface area contributed by atoms with Crippen LogP contribution in [-0.2, 0) is 4.74 Å². The van der Waals surface area contributed by atoms with Crippen LogP contribution in [0.2, 0.25) is 0 Å². The fraction of sp³-hybridized carbons (Fsp3) is 0.310. The Hall–Kier alpha value is -4.04. The molecule has 2 aliphatic rings. The molecule has 5 aromatic rings. The molecule has 5 heterocycles. The van der Waals surface area contributed by atoms with Crippen LogP contribution in [-0.4, -0.2) is 44.2 Å². The molecule has 2 fully saturated rings. The fourth-order valence-corrected chi connectivity index (χ4v) is 5.48. The molecule has 3 aromatic heterocycles. The molecule has 186 valence electrons. The molecule has 1 N–H and O–H groups in total. The molecule has 0 spiro atoms. The average Bonchev–Trinajstić information content (AvgIpc) is 3.64. The van der Waals surface area contributed by atoms with Crippen molar-refractivity contribution < 1.29 is 4.74 Å². The number of hydrogen-bond acceptors (Lipinski definition) is 7. The van der Waals surface area contributed by atoms with Gasteiger partial charge in [0.1, 0.15) is 6.23 Å². The molecular formula is C29H29N7O. The minimum absolute atomic E-state index is 0.0342. The van der Waals surface area contributed by atoms with Crippen LogP contribution >= 0.6 is 0 Å². The first-order valence-corrected chi connectivity index (χ1v) is 13.2. The van der Waals surface area contributed by atoms with Crippen molar-refractivity contribution in [1.29, 1.82) is 0 Å². The van der Waals surface area contributed by atoms with Gasteiger partial charge < -0.3 is 15.0 Å². The first-order chi connectivity index (χ1) is 18.3. The van der Waals surface area contributed by atoms with Crippen LogP contribution in [0, 0.1) is 0 Å². The smallest absolute Gasteiger partial charge is 0.231 e. The minimum atomic E-state index is -0.0342. The molecule has 8 nitrogen and oxygen atoms in total. The Morgan fingerprint density at radius 2 is 1.78 bits per heavy atom. The Kier molecular flexibility index (Phi) is 5.66. The van der Waals surface area contributed by atoms with E-state index in [-0.39, 0.29) is 6.23 Å². The second-order valence-electron chi connectivity index (χ2n) is 9.79. The van der Waals surface area contributed by atoms with Gasteiger partial charge in [-0.3, -0.25) is 9.55 Å². The van der Waals surface area contributed by atoms with E-state index in [1.165, 1.54) is 12.8 Å². The van der Waals surface area contributed by atoms with E-state index in [2.05, 4.69) is 56.2 Å². The van der Waals surface area contributed by atoms with Crippen LogP contribution in [0.5, 0.6) is 0 Å².